The van der Waals surface area contributed by atoms with Gasteiger partial charge in [-0.2, -0.15) is 5.10 Å². The lowest BCUT2D eigenvalue weighted by molar-refractivity contribution is 0.0731. The number of benzene rings is 2. The number of nitrogens with zero attached hydrogens (tertiary/aromatic N) is 1. The summed E-state index contributed by atoms with van der Waals surface area (Å²) >= 11 is 0. The molecule has 106 valence electrons. The second-order valence-corrected chi connectivity index (χ2v) is 4.36. The van der Waals surface area contributed by atoms with Crippen molar-refractivity contribution in [1.82, 2.24) is 10.2 Å². The van der Waals surface area contributed by atoms with Crippen LogP contribution in [0, 0.1) is 5.82 Å². The van der Waals surface area contributed by atoms with E-state index >= 15 is 0 Å². The number of methoxy groups -OCH3 is 1. The minimum atomic E-state index is -0.624. The van der Waals surface area contributed by atoms with Crippen LogP contribution in [0.15, 0.2) is 42.6 Å². The molecular weight excluding hydrogens is 275 g/mol. The minimum Gasteiger partial charge on any atom is -0.496 e. The summed E-state index contributed by atoms with van der Waals surface area (Å²) in [4.78, 5) is 12.2. The van der Waals surface area contributed by atoms with Crippen molar-refractivity contribution in [1.29, 1.82) is 0 Å². The number of hydrogen-bond donors (Lipinski definition) is 1. The molecule has 0 aliphatic heterocycles. The highest BCUT2D eigenvalue weighted by Gasteiger charge is 2.17. The van der Waals surface area contributed by atoms with E-state index in [4.69, 9.17) is 9.47 Å². The zero-order chi connectivity index (χ0) is 14.8. The van der Waals surface area contributed by atoms with Gasteiger partial charge in [-0.3, -0.25) is 5.10 Å². The van der Waals surface area contributed by atoms with Crippen LogP contribution in [0.3, 0.4) is 0 Å². The van der Waals surface area contributed by atoms with Crippen LogP contribution in [0.2, 0.25) is 0 Å². The lowest BCUT2D eigenvalue weighted by Crippen LogP contribution is -2.10. The van der Waals surface area contributed by atoms with Crippen molar-refractivity contribution in [3.8, 4) is 11.5 Å². The topological polar surface area (TPSA) is 64.2 Å². The maximum absolute atomic E-state index is 13.1. The number of esters is 1. The molecule has 5 nitrogen and oxygen atoms in total. The predicted molar refractivity (Wildman–Crippen MR) is 74.0 cm³/mol. The second kappa shape index (κ2) is 5.24. The molecule has 0 atom stereocenters. The number of aromatic nitrogens is 2. The van der Waals surface area contributed by atoms with Crippen LogP contribution in [0.4, 0.5) is 4.39 Å². The van der Waals surface area contributed by atoms with Crippen LogP contribution in [0.5, 0.6) is 11.5 Å². The summed E-state index contributed by atoms with van der Waals surface area (Å²) in [5.74, 6) is -0.611. The quantitative estimate of drug-likeness (QED) is 0.594. The third kappa shape index (κ3) is 2.55. The third-order valence-corrected chi connectivity index (χ3v) is 2.99. The largest absolute Gasteiger partial charge is 0.496 e. The molecule has 2 aromatic carbocycles. The van der Waals surface area contributed by atoms with Crippen molar-refractivity contribution < 1.29 is 18.7 Å². The molecule has 3 aromatic rings. The van der Waals surface area contributed by atoms with Gasteiger partial charge in [0.25, 0.3) is 0 Å². The first-order chi connectivity index (χ1) is 10.2. The number of hydrogen-bond acceptors (Lipinski definition) is 4. The van der Waals surface area contributed by atoms with Crippen LogP contribution in [0.1, 0.15) is 10.4 Å². The minimum absolute atomic E-state index is 0.134. The molecule has 1 aromatic heterocycles. The molecule has 1 heterocycles. The Morgan fingerprint density at radius 1 is 1.29 bits per heavy atom. The molecular formula is C15H11FN2O3. The molecule has 0 radical (unpaired) electrons. The second-order valence-electron chi connectivity index (χ2n) is 4.36. The summed E-state index contributed by atoms with van der Waals surface area (Å²) in [5, 5.41) is 7.43. The third-order valence-electron chi connectivity index (χ3n) is 2.99. The molecule has 0 aliphatic rings. The van der Waals surface area contributed by atoms with Crippen molar-refractivity contribution in [2.45, 2.75) is 0 Å². The normalized spacial score (nSPS) is 10.6. The highest BCUT2D eigenvalue weighted by molar-refractivity contribution is 5.98. The van der Waals surface area contributed by atoms with Crippen LogP contribution in [-0.2, 0) is 0 Å². The fraction of sp³-hybridized carbons (Fsp3) is 0.0667. The van der Waals surface area contributed by atoms with E-state index in [9.17, 15) is 9.18 Å². The Hall–Kier alpha value is -2.89. The van der Waals surface area contributed by atoms with E-state index in [0.29, 0.717) is 5.75 Å². The Bertz CT molecular complexity index is 814. The van der Waals surface area contributed by atoms with Gasteiger partial charge in [0.05, 0.1) is 18.8 Å². The Kier molecular flexibility index (Phi) is 3.27. The lowest BCUT2D eigenvalue weighted by atomic mass is 10.1. The highest BCUT2D eigenvalue weighted by atomic mass is 19.1. The first-order valence-electron chi connectivity index (χ1n) is 6.16. The van der Waals surface area contributed by atoms with Crippen LogP contribution < -0.4 is 9.47 Å². The summed E-state index contributed by atoms with van der Waals surface area (Å²) < 4.78 is 23.4. The van der Waals surface area contributed by atoms with Gasteiger partial charge in [0.2, 0.25) is 0 Å². The van der Waals surface area contributed by atoms with Gasteiger partial charge in [-0.1, -0.05) is 6.07 Å². The van der Waals surface area contributed by atoms with E-state index in [2.05, 4.69) is 10.2 Å². The Morgan fingerprint density at radius 2 is 2.14 bits per heavy atom. The fourth-order valence-corrected chi connectivity index (χ4v) is 1.99. The van der Waals surface area contributed by atoms with Crippen LogP contribution >= 0.6 is 0 Å². The molecule has 0 unspecified atom stereocenters. The average Bonchev–Trinajstić information content (AvgIpc) is 2.93. The molecule has 0 spiro atoms. The smallest absolute Gasteiger partial charge is 0.347 e. The number of rotatable bonds is 3. The summed E-state index contributed by atoms with van der Waals surface area (Å²) in [6.45, 7) is 0. The van der Waals surface area contributed by atoms with Gasteiger partial charge >= 0.3 is 5.97 Å². The Balaban J connectivity index is 1.96. The number of ether oxygens (including phenoxy) is 2. The SMILES string of the molecule is COc1cc2[nH]ncc2cc1C(=O)Oc1cccc(F)c1. The number of fused-ring (bicyclic) bond motifs is 1. The summed E-state index contributed by atoms with van der Waals surface area (Å²) in [7, 11) is 1.45. The molecule has 0 amide bonds. The summed E-state index contributed by atoms with van der Waals surface area (Å²) in [6.07, 6.45) is 1.59. The molecule has 0 bridgehead atoms. The Morgan fingerprint density at radius 3 is 2.90 bits per heavy atom. The van der Waals surface area contributed by atoms with E-state index in [0.717, 1.165) is 17.0 Å². The standard InChI is InChI=1S/C15H11FN2O3/c1-20-14-7-13-9(8-17-18-13)5-12(14)15(19)21-11-4-2-3-10(16)6-11/h2-8H,1H3,(H,17,18). The molecule has 0 saturated heterocycles. The van der Waals surface area contributed by atoms with E-state index in [-0.39, 0.29) is 11.3 Å². The number of aromatic amines is 1. The first-order valence-corrected chi connectivity index (χ1v) is 6.16. The van der Waals surface area contributed by atoms with E-state index in [1.165, 1.54) is 25.3 Å². The van der Waals surface area contributed by atoms with Crippen molar-refractivity contribution in [3.63, 3.8) is 0 Å². The Labute approximate surface area is 119 Å². The van der Waals surface area contributed by atoms with Crippen molar-refractivity contribution in [3.05, 3.63) is 54.0 Å². The van der Waals surface area contributed by atoms with Crippen molar-refractivity contribution in [2.75, 3.05) is 7.11 Å². The molecule has 0 saturated carbocycles. The highest BCUT2D eigenvalue weighted by Crippen LogP contribution is 2.26. The van der Waals surface area contributed by atoms with Gasteiger partial charge in [-0.25, -0.2) is 9.18 Å². The van der Waals surface area contributed by atoms with Gasteiger partial charge in [0, 0.05) is 17.5 Å². The van der Waals surface area contributed by atoms with E-state index < -0.39 is 11.8 Å². The zero-order valence-electron chi connectivity index (χ0n) is 11.1. The summed E-state index contributed by atoms with van der Waals surface area (Å²) in [5.41, 5.74) is 0.991. The summed E-state index contributed by atoms with van der Waals surface area (Å²) in [6, 6.07) is 8.65. The number of nitrogens with one attached hydrogen (secondary N) is 1. The van der Waals surface area contributed by atoms with Crippen LogP contribution in [-0.4, -0.2) is 23.3 Å². The van der Waals surface area contributed by atoms with E-state index in [1.807, 2.05) is 0 Å². The van der Waals surface area contributed by atoms with Crippen molar-refractivity contribution >= 4 is 16.9 Å². The molecule has 21 heavy (non-hydrogen) atoms. The molecule has 3 rings (SSSR count). The van der Waals surface area contributed by atoms with E-state index in [1.54, 1.807) is 18.3 Å². The van der Waals surface area contributed by atoms with Gasteiger partial charge in [-0.15, -0.1) is 0 Å². The molecule has 6 heteroatoms. The molecule has 1 N–H and O–H groups in total. The first kappa shape index (κ1) is 13.1. The number of halogens is 1. The number of H-pyrrole nitrogens is 1. The molecule has 0 aliphatic carbocycles. The predicted octanol–water partition coefficient (Wildman–Crippen LogP) is 2.93. The van der Waals surface area contributed by atoms with Crippen LogP contribution in [0.25, 0.3) is 10.9 Å². The maximum Gasteiger partial charge on any atom is 0.347 e. The van der Waals surface area contributed by atoms with Gasteiger partial charge < -0.3 is 9.47 Å². The monoisotopic (exact) mass is 286 g/mol. The number of carbonyl (C=O) groups is 1. The maximum atomic E-state index is 13.1. The zero-order valence-corrected chi connectivity index (χ0v) is 11.1. The lowest BCUT2D eigenvalue weighted by Gasteiger charge is -2.09. The van der Waals surface area contributed by atoms with Crippen molar-refractivity contribution in [2.24, 2.45) is 0 Å². The number of carbonyl (C=O) groups excluding carboxylic acids is 1. The van der Waals surface area contributed by atoms with Gasteiger partial charge in [0.15, 0.2) is 0 Å². The van der Waals surface area contributed by atoms with Gasteiger partial charge in [0.1, 0.15) is 22.9 Å². The van der Waals surface area contributed by atoms with Gasteiger partial charge in [-0.05, 0) is 18.2 Å². The fourth-order valence-electron chi connectivity index (χ4n) is 1.99. The average molecular weight is 286 g/mol. The molecule has 0 fully saturated rings.